The van der Waals surface area contributed by atoms with Crippen LogP contribution in [0.1, 0.15) is 29.8 Å². The van der Waals surface area contributed by atoms with Crippen LogP contribution in [0.3, 0.4) is 0 Å². The van der Waals surface area contributed by atoms with Crippen molar-refractivity contribution in [2.45, 2.75) is 20.3 Å². The number of carbonyl (C=O) groups excluding carboxylic acids is 1. The molecule has 0 aromatic heterocycles. The van der Waals surface area contributed by atoms with Gasteiger partial charge >= 0.3 is 0 Å². The van der Waals surface area contributed by atoms with Gasteiger partial charge in [-0.25, -0.2) is 4.39 Å². The van der Waals surface area contributed by atoms with Gasteiger partial charge in [-0.15, -0.1) is 0 Å². The highest BCUT2D eigenvalue weighted by Gasteiger charge is 1.97. The van der Waals surface area contributed by atoms with Gasteiger partial charge in [0.2, 0.25) is 0 Å². The van der Waals surface area contributed by atoms with Crippen molar-refractivity contribution in [1.29, 1.82) is 0 Å². The molecule has 2 aromatic carbocycles. The number of carbonyl (C=O) groups is 1. The molecule has 0 amide bonds. The molecule has 2 aromatic rings. The van der Waals surface area contributed by atoms with Gasteiger partial charge in [-0.05, 0) is 43.2 Å². The van der Waals surface area contributed by atoms with Crippen LogP contribution < -0.4 is 0 Å². The third-order valence-corrected chi connectivity index (χ3v) is 2.58. The smallest absolute Gasteiger partial charge is 0.159 e. The number of Topliss-reactive ketones (excluding diaryl/α,β-unsaturated/α-hetero) is 1. The molecular weight excluding hydrogens is 243 g/mol. The van der Waals surface area contributed by atoms with Gasteiger partial charge in [0.15, 0.2) is 5.78 Å². The maximum Gasteiger partial charge on any atom is 0.159 e. The molecule has 19 heavy (non-hydrogen) atoms. The number of ketones is 1. The second-order valence-corrected chi connectivity index (χ2v) is 4.09. The molecule has 0 unspecified atom stereocenters. The minimum absolute atomic E-state index is 0.112. The van der Waals surface area contributed by atoms with Crippen LogP contribution in [-0.2, 0) is 6.42 Å². The molecule has 0 heterocycles. The summed E-state index contributed by atoms with van der Waals surface area (Å²) in [5, 5.41) is 8.85. The van der Waals surface area contributed by atoms with Gasteiger partial charge < -0.3 is 5.11 Å². The predicted octanol–water partition coefficient (Wildman–Crippen LogP) is 3.98. The highest BCUT2D eigenvalue weighted by atomic mass is 19.1. The largest absolute Gasteiger partial charge is 0.508 e. The molecule has 0 fully saturated rings. The zero-order valence-corrected chi connectivity index (χ0v) is 11.1. The quantitative estimate of drug-likeness (QED) is 0.829. The van der Waals surface area contributed by atoms with Crippen molar-refractivity contribution < 1.29 is 14.3 Å². The van der Waals surface area contributed by atoms with E-state index in [4.69, 9.17) is 5.11 Å². The van der Waals surface area contributed by atoms with E-state index in [1.54, 1.807) is 18.2 Å². The van der Waals surface area contributed by atoms with Crippen LogP contribution in [0.5, 0.6) is 5.75 Å². The summed E-state index contributed by atoms with van der Waals surface area (Å²) in [4.78, 5) is 10.6. The van der Waals surface area contributed by atoms with Crippen LogP contribution in [0.2, 0.25) is 0 Å². The van der Waals surface area contributed by atoms with E-state index in [0.29, 0.717) is 11.3 Å². The Morgan fingerprint density at radius 1 is 1.16 bits per heavy atom. The van der Waals surface area contributed by atoms with Gasteiger partial charge in [0.1, 0.15) is 11.6 Å². The lowest BCUT2D eigenvalue weighted by molar-refractivity contribution is 0.101. The van der Waals surface area contributed by atoms with Gasteiger partial charge in [0.25, 0.3) is 0 Å². The SMILES string of the molecule is CC(=O)c1cccc(F)c1.CCc1ccc(O)cc1. The van der Waals surface area contributed by atoms with Gasteiger partial charge in [0, 0.05) is 5.56 Å². The van der Waals surface area contributed by atoms with E-state index in [9.17, 15) is 9.18 Å². The number of aromatic hydroxyl groups is 1. The molecule has 0 aliphatic rings. The first-order chi connectivity index (χ1) is 9.02. The number of hydrogen-bond acceptors (Lipinski definition) is 2. The van der Waals surface area contributed by atoms with Gasteiger partial charge in [-0.1, -0.05) is 31.2 Å². The summed E-state index contributed by atoms with van der Waals surface area (Å²) >= 11 is 0. The van der Waals surface area contributed by atoms with Crippen molar-refractivity contribution in [3.63, 3.8) is 0 Å². The van der Waals surface area contributed by atoms with Crippen LogP contribution in [0.25, 0.3) is 0 Å². The topological polar surface area (TPSA) is 37.3 Å². The predicted molar refractivity (Wildman–Crippen MR) is 73.9 cm³/mol. The lowest BCUT2D eigenvalue weighted by Gasteiger charge is -1.93. The lowest BCUT2D eigenvalue weighted by Crippen LogP contribution is -1.91. The number of phenolic OH excluding ortho intramolecular Hbond substituents is 1. The van der Waals surface area contributed by atoms with E-state index < -0.39 is 0 Å². The molecular formula is C16H17FO2. The molecule has 0 saturated carbocycles. The Balaban J connectivity index is 0.000000191. The number of hydrogen-bond donors (Lipinski definition) is 1. The Morgan fingerprint density at radius 3 is 2.21 bits per heavy atom. The monoisotopic (exact) mass is 260 g/mol. The molecule has 0 spiro atoms. The van der Waals surface area contributed by atoms with Crippen LogP contribution in [-0.4, -0.2) is 10.9 Å². The summed E-state index contributed by atoms with van der Waals surface area (Å²) in [7, 11) is 0. The maximum atomic E-state index is 12.4. The first-order valence-corrected chi connectivity index (χ1v) is 6.07. The zero-order chi connectivity index (χ0) is 14.3. The fraction of sp³-hybridized carbons (Fsp3) is 0.188. The molecule has 0 aliphatic carbocycles. The van der Waals surface area contributed by atoms with Crippen molar-refractivity contribution >= 4 is 5.78 Å². The zero-order valence-electron chi connectivity index (χ0n) is 11.1. The van der Waals surface area contributed by atoms with Gasteiger partial charge in [-0.3, -0.25) is 4.79 Å². The highest BCUT2D eigenvalue weighted by Crippen LogP contribution is 2.09. The van der Waals surface area contributed by atoms with Crippen molar-refractivity contribution in [3.8, 4) is 5.75 Å². The summed E-state index contributed by atoms with van der Waals surface area (Å²) in [5.74, 6) is -0.139. The highest BCUT2D eigenvalue weighted by molar-refractivity contribution is 5.93. The molecule has 3 heteroatoms. The first-order valence-electron chi connectivity index (χ1n) is 6.07. The van der Waals surface area contributed by atoms with E-state index in [-0.39, 0.29) is 11.6 Å². The maximum absolute atomic E-state index is 12.4. The van der Waals surface area contributed by atoms with E-state index in [1.807, 2.05) is 12.1 Å². The average Bonchev–Trinajstić information content (AvgIpc) is 2.40. The standard InChI is InChI=1S/C8H7FO.C8H10O/c1-6(10)7-3-2-4-8(9)5-7;1-2-7-3-5-8(9)6-4-7/h2-5H,1H3;3-6,9H,2H2,1H3. The normalized spacial score (nSPS) is 9.42. The Labute approximate surface area is 112 Å². The molecule has 2 rings (SSSR count). The van der Waals surface area contributed by atoms with Crippen LogP contribution in [0.4, 0.5) is 4.39 Å². The van der Waals surface area contributed by atoms with Gasteiger partial charge in [-0.2, -0.15) is 0 Å². The molecule has 0 saturated heterocycles. The number of benzene rings is 2. The Hall–Kier alpha value is -2.16. The Bertz CT molecular complexity index is 533. The van der Waals surface area contributed by atoms with Crippen molar-refractivity contribution in [3.05, 3.63) is 65.5 Å². The Morgan fingerprint density at radius 2 is 1.79 bits per heavy atom. The van der Waals surface area contributed by atoms with Crippen LogP contribution in [0.15, 0.2) is 48.5 Å². The summed E-state index contributed by atoms with van der Waals surface area (Å²) in [6.45, 7) is 3.50. The third kappa shape index (κ3) is 5.34. The lowest BCUT2D eigenvalue weighted by atomic mass is 10.1. The summed E-state index contributed by atoms with van der Waals surface area (Å²) in [6.07, 6.45) is 1.03. The van der Waals surface area contributed by atoms with Crippen LogP contribution in [0, 0.1) is 5.82 Å². The molecule has 100 valence electrons. The number of aryl methyl sites for hydroxylation is 1. The summed E-state index contributed by atoms with van der Waals surface area (Å²) in [6, 6.07) is 12.9. The van der Waals surface area contributed by atoms with E-state index in [0.717, 1.165) is 6.42 Å². The third-order valence-electron chi connectivity index (χ3n) is 2.58. The number of phenols is 1. The molecule has 2 nitrogen and oxygen atoms in total. The molecule has 0 radical (unpaired) electrons. The molecule has 1 N–H and O–H groups in total. The second-order valence-electron chi connectivity index (χ2n) is 4.09. The molecule has 0 bridgehead atoms. The fourth-order valence-corrected chi connectivity index (χ4v) is 1.44. The van der Waals surface area contributed by atoms with Crippen molar-refractivity contribution in [2.75, 3.05) is 0 Å². The van der Waals surface area contributed by atoms with E-state index in [1.165, 1.54) is 30.7 Å². The van der Waals surface area contributed by atoms with Crippen LogP contribution >= 0.6 is 0 Å². The van der Waals surface area contributed by atoms with Gasteiger partial charge in [0.05, 0.1) is 0 Å². The van der Waals surface area contributed by atoms with E-state index in [2.05, 4.69) is 6.92 Å². The Kier molecular flexibility index (Phi) is 5.73. The van der Waals surface area contributed by atoms with E-state index >= 15 is 0 Å². The summed E-state index contributed by atoms with van der Waals surface area (Å²) < 4.78 is 12.4. The number of rotatable bonds is 2. The van der Waals surface area contributed by atoms with Crippen molar-refractivity contribution in [2.24, 2.45) is 0 Å². The van der Waals surface area contributed by atoms with Crippen molar-refractivity contribution in [1.82, 2.24) is 0 Å². The number of halogens is 1. The first kappa shape index (κ1) is 14.9. The minimum atomic E-state index is -0.368. The molecule has 0 atom stereocenters. The minimum Gasteiger partial charge on any atom is -0.508 e. The fourth-order valence-electron chi connectivity index (χ4n) is 1.44. The average molecular weight is 260 g/mol. The molecule has 0 aliphatic heterocycles. The summed E-state index contributed by atoms with van der Waals surface area (Å²) in [5.41, 5.74) is 1.67. The second kappa shape index (κ2) is 7.31.